The summed E-state index contributed by atoms with van der Waals surface area (Å²) in [5.74, 6) is -2.11. The molecule has 2 aromatic carbocycles. The fraction of sp³-hybridized carbons (Fsp3) is 0.321. The Balaban J connectivity index is 2.00. The van der Waals surface area contributed by atoms with E-state index in [0.29, 0.717) is 16.9 Å². The second-order valence-electron chi connectivity index (χ2n) is 9.21. The van der Waals surface area contributed by atoms with Crippen LogP contribution in [0.3, 0.4) is 0 Å². The van der Waals surface area contributed by atoms with Crippen molar-refractivity contribution in [1.29, 1.82) is 0 Å². The molecular formula is C28H32FN3O5. The Hall–Kier alpha value is -3.82. The first kappa shape index (κ1) is 27.8. The molecule has 1 aromatic heterocycles. The van der Waals surface area contributed by atoms with Gasteiger partial charge in [0.1, 0.15) is 5.82 Å². The van der Waals surface area contributed by atoms with Crippen molar-refractivity contribution in [2.45, 2.75) is 57.8 Å². The number of aliphatic carboxylic acids is 1. The highest BCUT2D eigenvalue weighted by molar-refractivity contribution is 5.95. The molecule has 1 amide bonds. The van der Waals surface area contributed by atoms with Gasteiger partial charge in [0, 0.05) is 12.0 Å². The van der Waals surface area contributed by atoms with E-state index in [0.717, 1.165) is 5.56 Å². The minimum atomic E-state index is -1.22. The number of carbonyl (C=O) groups is 2. The van der Waals surface area contributed by atoms with Gasteiger partial charge in [0.15, 0.2) is 5.69 Å². The van der Waals surface area contributed by atoms with Gasteiger partial charge in [-0.2, -0.15) is 5.10 Å². The third-order valence-electron chi connectivity index (χ3n) is 5.87. The molecule has 3 rings (SSSR count). The summed E-state index contributed by atoms with van der Waals surface area (Å²) in [5, 5.41) is 36.6. The zero-order chi connectivity index (χ0) is 27.1. The molecule has 0 radical (unpaired) electrons. The maximum Gasteiger partial charge on any atom is 0.305 e. The average Bonchev–Trinajstić information content (AvgIpc) is 3.23. The zero-order valence-corrected chi connectivity index (χ0v) is 21.0. The molecule has 4 N–H and O–H groups in total. The molecule has 196 valence electrons. The second-order valence-corrected chi connectivity index (χ2v) is 9.21. The number of carbonyl (C=O) groups excluding carboxylic acids is 1. The number of carboxylic acids is 1. The summed E-state index contributed by atoms with van der Waals surface area (Å²) in [7, 11) is 0. The van der Waals surface area contributed by atoms with Crippen LogP contribution in [-0.2, 0) is 4.79 Å². The first-order valence-corrected chi connectivity index (χ1v) is 12.1. The lowest BCUT2D eigenvalue weighted by atomic mass is 9.98. The normalized spacial score (nSPS) is 14.0. The Kier molecular flexibility index (Phi) is 9.32. The molecule has 0 spiro atoms. The Labute approximate surface area is 215 Å². The highest BCUT2D eigenvalue weighted by Crippen LogP contribution is 2.28. The van der Waals surface area contributed by atoms with Crippen molar-refractivity contribution >= 4 is 18.0 Å². The van der Waals surface area contributed by atoms with Gasteiger partial charge in [0.05, 0.1) is 36.1 Å². The van der Waals surface area contributed by atoms with Crippen molar-refractivity contribution < 1.29 is 29.3 Å². The van der Waals surface area contributed by atoms with E-state index in [2.05, 4.69) is 10.4 Å². The molecule has 0 aliphatic carbocycles. The van der Waals surface area contributed by atoms with Crippen molar-refractivity contribution in [3.8, 4) is 5.69 Å². The number of benzene rings is 2. The maximum atomic E-state index is 13.6. The molecule has 0 aliphatic heterocycles. The van der Waals surface area contributed by atoms with Crippen LogP contribution in [0.2, 0.25) is 0 Å². The van der Waals surface area contributed by atoms with E-state index in [1.54, 1.807) is 6.08 Å². The SMILES string of the molecule is CC(C)c1c(C(=O)N[C@@H](C)c2ccccc2)nn(-c2ccc(F)cc2)c1C=C[C@H](O)C[C@@H](O)CC(=O)O. The minimum Gasteiger partial charge on any atom is -0.481 e. The lowest BCUT2D eigenvalue weighted by Crippen LogP contribution is -2.28. The molecule has 0 bridgehead atoms. The third kappa shape index (κ3) is 7.34. The number of carboxylic acid groups (broad SMARTS) is 1. The number of rotatable bonds is 11. The van der Waals surface area contributed by atoms with Crippen molar-refractivity contribution in [3.63, 3.8) is 0 Å². The first-order chi connectivity index (χ1) is 17.6. The van der Waals surface area contributed by atoms with Crippen LogP contribution in [0.1, 0.15) is 72.9 Å². The monoisotopic (exact) mass is 509 g/mol. The van der Waals surface area contributed by atoms with Gasteiger partial charge in [-0.05, 0) is 48.7 Å². The molecule has 0 unspecified atom stereocenters. The smallest absolute Gasteiger partial charge is 0.305 e. The summed E-state index contributed by atoms with van der Waals surface area (Å²) < 4.78 is 15.1. The van der Waals surface area contributed by atoms with Crippen molar-refractivity contribution in [1.82, 2.24) is 15.1 Å². The van der Waals surface area contributed by atoms with E-state index in [4.69, 9.17) is 5.11 Å². The molecule has 9 heteroatoms. The van der Waals surface area contributed by atoms with Crippen molar-refractivity contribution in [2.24, 2.45) is 0 Å². The molecular weight excluding hydrogens is 477 g/mol. The Bertz CT molecular complexity index is 1240. The first-order valence-electron chi connectivity index (χ1n) is 12.1. The average molecular weight is 510 g/mol. The van der Waals surface area contributed by atoms with E-state index in [1.807, 2.05) is 51.1 Å². The van der Waals surface area contributed by atoms with Crippen molar-refractivity contribution in [3.05, 3.63) is 89.0 Å². The van der Waals surface area contributed by atoms with Crippen LogP contribution in [0.15, 0.2) is 60.7 Å². The molecule has 3 atom stereocenters. The van der Waals surface area contributed by atoms with Crippen LogP contribution in [0.4, 0.5) is 4.39 Å². The number of aromatic nitrogens is 2. The molecule has 0 fully saturated rings. The van der Waals surface area contributed by atoms with Crippen LogP contribution < -0.4 is 5.32 Å². The van der Waals surface area contributed by atoms with E-state index in [9.17, 15) is 24.2 Å². The van der Waals surface area contributed by atoms with Crippen LogP contribution >= 0.6 is 0 Å². The fourth-order valence-corrected chi connectivity index (χ4v) is 4.05. The van der Waals surface area contributed by atoms with Crippen LogP contribution in [-0.4, -0.2) is 49.2 Å². The molecule has 3 aromatic rings. The predicted octanol–water partition coefficient (Wildman–Crippen LogP) is 4.23. The highest BCUT2D eigenvalue weighted by Gasteiger charge is 2.26. The van der Waals surface area contributed by atoms with Crippen molar-refractivity contribution in [2.75, 3.05) is 0 Å². The van der Waals surface area contributed by atoms with Crippen LogP contribution in [0, 0.1) is 5.82 Å². The van der Waals surface area contributed by atoms with E-state index in [1.165, 1.54) is 35.0 Å². The number of hydrogen-bond donors (Lipinski definition) is 4. The summed E-state index contributed by atoms with van der Waals surface area (Å²) in [6.45, 7) is 5.69. The zero-order valence-electron chi connectivity index (χ0n) is 21.0. The summed E-state index contributed by atoms with van der Waals surface area (Å²) in [5.41, 5.74) is 2.77. The largest absolute Gasteiger partial charge is 0.481 e. The summed E-state index contributed by atoms with van der Waals surface area (Å²) in [4.78, 5) is 24.2. The molecule has 0 aliphatic rings. The minimum absolute atomic E-state index is 0.142. The predicted molar refractivity (Wildman–Crippen MR) is 138 cm³/mol. The Morgan fingerprint density at radius 3 is 2.30 bits per heavy atom. The fourth-order valence-electron chi connectivity index (χ4n) is 4.05. The highest BCUT2D eigenvalue weighted by atomic mass is 19.1. The Morgan fingerprint density at radius 2 is 1.70 bits per heavy atom. The van der Waals surface area contributed by atoms with Gasteiger partial charge >= 0.3 is 5.97 Å². The summed E-state index contributed by atoms with van der Waals surface area (Å²) in [6.07, 6.45) is -0.0129. The van der Waals surface area contributed by atoms with E-state index in [-0.39, 0.29) is 30.0 Å². The molecule has 0 saturated heterocycles. The number of nitrogens with one attached hydrogen (secondary N) is 1. The number of aliphatic hydroxyl groups is 2. The maximum absolute atomic E-state index is 13.6. The molecule has 8 nitrogen and oxygen atoms in total. The van der Waals surface area contributed by atoms with E-state index >= 15 is 0 Å². The van der Waals surface area contributed by atoms with E-state index < -0.39 is 30.4 Å². The standard InChI is InChI=1S/C28H32FN3O5/c1-17(2)26-24(14-13-22(33)15-23(34)16-25(35)36)32(21-11-9-20(29)10-12-21)31-27(26)28(37)30-18(3)19-7-5-4-6-8-19/h4-14,17-18,22-23,33-34H,15-16H2,1-3H3,(H,30,37)(H,35,36)/t18-,22-,23+/m0/s1. The lowest BCUT2D eigenvalue weighted by molar-refractivity contribution is -0.139. The number of nitrogens with zero attached hydrogens (tertiary/aromatic N) is 2. The van der Waals surface area contributed by atoms with Gasteiger partial charge in [-0.3, -0.25) is 9.59 Å². The Morgan fingerprint density at radius 1 is 1.05 bits per heavy atom. The number of amides is 1. The van der Waals surface area contributed by atoms with Gasteiger partial charge in [-0.1, -0.05) is 50.3 Å². The van der Waals surface area contributed by atoms with Gasteiger partial charge in [-0.15, -0.1) is 0 Å². The van der Waals surface area contributed by atoms with Gasteiger partial charge < -0.3 is 20.6 Å². The van der Waals surface area contributed by atoms with Crippen LogP contribution in [0.25, 0.3) is 11.8 Å². The van der Waals surface area contributed by atoms with Gasteiger partial charge in [0.25, 0.3) is 5.91 Å². The summed E-state index contributed by atoms with van der Waals surface area (Å²) >= 11 is 0. The molecule has 0 saturated carbocycles. The number of halogens is 1. The number of hydrogen-bond acceptors (Lipinski definition) is 5. The van der Waals surface area contributed by atoms with Gasteiger partial charge in [0.2, 0.25) is 0 Å². The molecule has 1 heterocycles. The third-order valence-corrected chi connectivity index (χ3v) is 5.87. The van der Waals surface area contributed by atoms with Gasteiger partial charge in [-0.25, -0.2) is 9.07 Å². The quantitative estimate of drug-likeness (QED) is 0.307. The number of aliphatic hydroxyl groups excluding tert-OH is 2. The molecule has 37 heavy (non-hydrogen) atoms. The van der Waals surface area contributed by atoms with Crippen LogP contribution in [0.5, 0.6) is 0 Å². The summed E-state index contributed by atoms with van der Waals surface area (Å²) in [6, 6.07) is 14.9. The topological polar surface area (TPSA) is 125 Å². The second kappa shape index (κ2) is 12.4. The lowest BCUT2D eigenvalue weighted by Gasteiger charge is -2.15.